The lowest BCUT2D eigenvalue weighted by Crippen LogP contribution is -2.44. The molecule has 0 aliphatic heterocycles. The summed E-state index contributed by atoms with van der Waals surface area (Å²) < 4.78 is 5.34. The number of hydrogen-bond donors (Lipinski definition) is 2. The van der Waals surface area contributed by atoms with Crippen LogP contribution in [0.15, 0.2) is 0 Å². The van der Waals surface area contributed by atoms with Gasteiger partial charge in [0, 0.05) is 0 Å². The van der Waals surface area contributed by atoms with Crippen molar-refractivity contribution in [1.82, 2.24) is 5.32 Å². The Hall–Kier alpha value is -0.290. The summed E-state index contributed by atoms with van der Waals surface area (Å²) in [5, 5.41) is 2.89. The number of thiol groups is 1. The van der Waals surface area contributed by atoms with Crippen LogP contribution in [0.1, 0.15) is 34.1 Å². The van der Waals surface area contributed by atoms with E-state index in [2.05, 4.69) is 31.8 Å². The summed E-state index contributed by atoms with van der Waals surface area (Å²) in [5.41, 5.74) is 0. The average molecular weight is 263 g/mol. The predicted octanol–water partition coefficient (Wildman–Crippen LogP) is 2.40. The highest BCUT2D eigenvalue weighted by molar-refractivity contribution is 8.11. The number of thiocarbonyl (C=S) groups is 1. The molecule has 0 rings (SSSR count). The number of rotatable bonds is 6. The summed E-state index contributed by atoms with van der Waals surface area (Å²) in [4.78, 5) is 11.7. The zero-order valence-electron chi connectivity index (χ0n) is 10.3. The van der Waals surface area contributed by atoms with Crippen LogP contribution in [0.25, 0.3) is 0 Å². The highest BCUT2D eigenvalue weighted by Crippen LogP contribution is 2.16. The van der Waals surface area contributed by atoms with Gasteiger partial charge in [0.05, 0.1) is 6.61 Å². The van der Waals surface area contributed by atoms with E-state index >= 15 is 0 Å². The van der Waals surface area contributed by atoms with E-state index in [0.717, 1.165) is 6.42 Å². The number of carbonyl (C=O) groups excluding carboxylic acids is 1. The quantitative estimate of drug-likeness (QED) is 0.438. The highest BCUT2D eigenvalue weighted by atomic mass is 32.1. The maximum Gasteiger partial charge on any atom is 0.328 e. The second kappa shape index (κ2) is 7.90. The molecule has 94 valence electrons. The number of carbonyl (C=O) groups is 1. The standard InChI is InChI=1S/C11H21NO2S2/c1-5-14-10(13)9(12-11(15)16)8(4)6-7(2)3/h7-9H,5-6H2,1-4H3,(H2,12,15,16). The SMILES string of the molecule is CCOC(=O)C(NC(=S)S)C(C)CC(C)C. The van der Waals surface area contributed by atoms with Crippen molar-refractivity contribution in [1.29, 1.82) is 0 Å². The zero-order chi connectivity index (χ0) is 12.7. The Bertz CT molecular complexity index is 244. The van der Waals surface area contributed by atoms with E-state index in [1.807, 2.05) is 6.92 Å². The number of esters is 1. The van der Waals surface area contributed by atoms with Gasteiger partial charge in [-0.25, -0.2) is 4.79 Å². The fourth-order valence-corrected chi connectivity index (χ4v) is 1.94. The molecule has 2 atom stereocenters. The molecule has 0 saturated heterocycles. The van der Waals surface area contributed by atoms with Gasteiger partial charge in [-0.3, -0.25) is 0 Å². The Balaban J connectivity index is 4.51. The summed E-state index contributed by atoms with van der Waals surface area (Å²) in [5.74, 6) is 0.443. The van der Waals surface area contributed by atoms with E-state index in [-0.39, 0.29) is 11.9 Å². The molecule has 0 aliphatic rings. The minimum atomic E-state index is -0.396. The van der Waals surface area contributed by atoms with E-state index < -0.39 is 6.04 Å². The monoisotopic (exact) mass is 263 g/mol. The van der Waals surface area contributed by atoms with Crippen LogP contribution in [0.5, 0.6) is 0 Å². The van der Waals surface area contributed by atoms with Gasteiger partial charge < -0.3 is 10.1 Å². The number of nitrogens with one attached hydrogen (secondary N) is 1. The van der Waals surface area contributed by atoms with E-state index in [4.69, 9.17) is 17.0 Å². The fraction of sp³-hybridized carbons (Fsp3) is 0.818. The van der Waals surface area contributed by atoms with Gasteiger partial charge >= 0.3 is 5.97 Å². The topological polar surface area (TPSA) is 38.3 Å². The van der Waals surface area contributed by atoms with Gasteiger partial charge in [-0.05, 0) is 25.2 Å². The van der Waals surface area contributed by atoms with Gasteiger partial charge in [0.25, 0.3) is 0 Å². The third-order valence-corrected chi connectivity index (χ3v) is 2.48. The molecule has 0 amide bonds. The summed E-state index contributed by atoms with van der Waals surface area (Å²) in [6, 6.07) is -0.396. The Morgan fingerprint density at radius 2 is 2.00 bits per heavy atom. The molecule has 1 N–H and O–H groups in total. The Morgan fingerprint density at radius 1 is 1.44 bits per heavy atom. The van der Waals surface area contributed by atoms with E-state index in [1.54, 1.807) is 6.92 Å². The first-order valence-corrected chi connectivity index (χ1v) is 6.40. The van der Waals surface area contributed by atoms with Crippen molar-refractivity contribution in [2.75, 3.05) is 6.61 Å². The normalized spacial score (nSPS) is 14.4. The van der Waals surface area contributed by atoms with Crippen molar-refractivity contribution < 1.29 is 9.53 Å². The van der Waals surface area contributed by atoms with Gasteiger partial charge in [0.2, 0.25) is 0 Å². The van der Waals surface area contributed by atoms with Crippen LogP contribution in [0.3, 0.4) is 0 Å². The first-order chi connectivity index (χ1) is 7.38. The van der Waals surface area contributed by atoms with Crippen LogP contribution in [0.2, 0.25) is 0 Å². The molecule has 0 aromatic rings. The Labute approximate surface area is 109 Å². The third kappa shape index (κ3) is 6.33. The van der Waals surface area contributed by atoms with Crippen molar-refractivity contribution in [3.63, 3.8) is 0 Å². The van der Waals surface area contributed by atoms with Crippen LogP contribution < -0.4 is 5.32 Å². The largest absolute Gasteiger partial charge is 0.464 e. The van der Waals surface area contributed by atoms with Gasteiger partial charge in [-0.15, -0.1) is 12.6 Å². The van der Waals surface area contributed by atoms with E-state index in [0.29, 0.717) is 16.8 Å². The summed E-state index contributed by atoms with van der Waals surface area (Å²) in [6.45, 7) is 8.43. The second-order valence-electron chi connectivity index (χ2n) is 4.29. The van der Waals surface area contributed by atoms with Crippen LogP contribution in [0.4, 0.5) is 0 Å². The average Bonchev–Trinajstić information content (AvgIpc) is 2.12. The summed E-state index contributed by atoms with van der Waals surface area (Å²) in [7, 11) is 0. The first-order valence-electron chi connectivity index (χ1n) is 5.54. The third-order valence-electron chi connectivity index (χ3n) is 2.23. The molecule has 3 nitrogen and oxygen atoms in total. The van der Waals surface area contributed by atoms with Crippen LogP contribution in [-0.2, 0) is 9.53 Å². The predicted molar refractivity (Wildman–Crippen MR) is 73.8 cm³/mol. The molecular formula is C11H21NO2S2. The van der Waals surface area contributed by atoms with Gasteiger partial charge in [-0.1, -0.05) is 33.0 Å². The lowest BCUT2D eigenvalue weighted by atomic mass is 9.92. The minimum absolute atomic E-state index is 0.171. The lowest BCUT2D eigenvalue weighted by Gasteiger charge is -2.24. The lowest BCUT2D eigenvalue weighted by molar-refractivity contribution is -0.146. The highest BCUT2D eigenvalue weighted by Gasteiger charge is 2.26. The molecule has 5 heteroatoms. The van der Waals surface area contributed by atoms with Crippen molar-refractivity contribution in [3.05, 3.63) is 0 Å². The summed E-state index contributed by atoms with van der Waals surface area (Å²) >= 11 is 8.85. The molecule has 2 unspecified atom stereocenters. The molecule has 0 aliphatic carbocycles. The molecule has 0 aromatic carbocycles. The Kier molecular flexibility index (Phi) is 7.76. The zero-order valence-corrected chi connectivity index (χ0v) is 12.0. The molecule has 0 heterocycles. The van der Waals surface area contributed by atoms with Crippen LogP contribution in [0, 0.1) is 11.8 Å². The molecule has 0 spiro atoms. The smallest absolute Gasteiger partial charge is 0.328 e. The minimum Gasteiger partial charge on any atom is -0.464 e. The van der Waals surface area contributed by atoms with Crippen molar-refractivity contribution in [2.45, 2.75) is 40.2 Å². The van der Waals surface area contributed by atoms with Gasteiger partial charge in [-0.2, -0.15) is 0 Å². The molecule has 0 aromatic heterocycles. The number of hydrogen-bond acceptors (Lipinski definition) is 3. The van der Waals surface area contributed by atoms with E-state index in [9.17, 15) is 4.79 Å². The molecule has 0 fully saturated rings. The molecule has 0 radical (unpaired) electrons. The van der Waals surface area contributed by atoms with Crippen LogP contribution >= 0.6 is 24.8 Å². The molecule has 0 saturated carbocycles. The number of ether oxygens (including phenoxy) is 1. The van der Waals surface area contributed by atoms with E-state index in [1.165, 1.54) is 0 Å². The first kappa shape index (κ1) is 15.7. The fourth-order valence-electron chi connectivity index (χ4n) is 1.68. The van der Waals surface area contributed by atoms with Crippen molar-refractivity contribution in [2.24, 2.45) is 11.8 Å². The molecule has 16 heavy (non-hydrogen) atoms. The van der Waals surface area contributed by atoms with Crippen molar-refractivity contribution in [3.8, 4) is 0 Å². The maximum atomic E-state index is 11.7. The van der Waals surface area contributed by atoms with Gasteiger partial charge in [0.1, 0.15) is 10.4 Å². The molecule has 0 bridgehead atoms. The van der Waals surface area contributed by atoms with Gasteiger partial charge in [0.15, 0.2) is 0 Å². The Morgan fingerprint density at radius 3 is 2.38 bits per heavy atom. The molecular weight excluding hydrogens is 242 g/mol. The van der Waals surface area contributed by atoms with Crippen LogP contribution in [-0.4, -0.2) is 22.9 Å². The second-order valence-corrected chi connectivity index (χ2v) is 5.44. The maximum absolute atomic E-state index is 11.7. The summed E-state index contributed by atoms with van der Waals surface area (Å²) in [6.07, 6.45) is 0.937. The van der Waals surface area contributed by atoms with Crippen molar-refractivity contribution >= 4 is 35.1 Å².